The van der Waals surface area contributed by atoms with Crippen molar-refractivity contribution in [2.45, 2.75) is 64.0 Å². The highest BCUT2D eigenvalue weighted by Crippen LogP contribution is 2.55. The van der Waals surface area contributed by atoms with Gasteiger partial charge in [0.15, 0.2) is 0 Å². The molecule has 4 saturated carbocycles. The Morgan fingerprint density at radius 3 is 1.84 bits per heavy atom. The lowest BCUT2D eigenvalue weighted by atomic mass is 9.53. The van der Waals surface area contributed by atoms with Gasteiger partial charge in [-0.1, -0.05) is 0 Å². The van der Waals surface area contributed by atoms with Gasteiger partial charge in [0.05, 0.1) is 0 Å². The molecule has 4 aliphatic rings. The molecule has 2 N–H and O–H groups in total. The molecule has 0 aliphatic heterocycles. The summed E-state index contributed by atoms with van der Waals surface area (Å²) in [4.78, 5) is 23.8. The summed E-state index contributed by atoms with van der Waals surface area (Å²) in [5, 5.41) is 5.75. The number of nitrogens with one attached hydrogen (secondary N) is 2. The fourth-order valence-electron chi connectivity index (χ4n) is 4.89. The lowest BCUT2D eigenvalue weighted by Crippen LogP contribution is -2.61. The normalized spacial score (nSPS) is 39.4. The smallest absolute Gasteiger partial charge is 0.309 e. The van der Waals surface area contributed by atoms with Gasteiger partial charge in [-0.05, 0) is 70.1 Å². The molecule has 4 bridgehead atoms. The summed E-state index contributed by atoms with van der Waals surface area (Å²) in [5.74, 6) is 1.42. The maximum Gasteiger partial charge on any atom is 0.309 e. The summed E-state index contributed by atoms with van der Waals surface area (Å²) in [6, 6.07) is 0.00890. The fraction of sp³-hybridized carbons (Fsp3) is 0.867. The quantitative estimate of drug-likeness (QED) is 0.744. The molecule has 4 nitrogen and oxygen atoms in total. The van der Waals surface area contributed by atoms with Crippen LogP contribution in [0, 0.1) is 17.8 Å². The Balaban J connectivity index is 1.66. The summed E-state index contributed by atoms with van der Waals surface area (Å²) in [6.07, 6.45) is 7.27. The second kappa shape index (κ2) is 4.50. The molecule has 4 heteroatoms. The standard InChI is InChI=1S/C15H24N2O2/c1-9(2)16-13(18)14(19)17-15-6-10-3-11(7-15)5-12(4-10)8-15/h9-12H,3-8H2,1-2H3,(H,16,18)(H,17,19). The van der Waals surface area contributed by atoms with E-state index in [-0.39, 0.29) is 11.6 Å². The zero-order chi connectivity index (χ0) is 13.6. The highest BCUT2D eigenvalue weighted by molar-refractivity contribution is 6.35. The van der Waals surface area contributed by atoms with E-state index in [1.807, 2.05) is 13.8 Å². The van der Waals surface area contributed by atoms with Crippen LogP contribution in [0.1, 0.15) is 52.4 Å². The van der Waals surface area contributed by atoms with E-state index >= 15 is 0 Å². The van der Waals surface area contributed by atoms with Crippen molar-refractivity contribution in [1.29, 1.82) is 0 Å². The first-order valence-corrected chi connectivity index (χ1v) is 7.59. The molecule has 0 heterocycles. The molecule has 0 saturated heterocycles. The van der Waals surface area contributed by atoms with Crippen LogP contribution in [0.2, 0.25) is 0 Å². The van der Waals surface area contributed by atoms with Crippen LogP contribution >= 0.6 is 0 Å². The van der Waals surface area contributed by atoms with E-state index in [2.05, 4.69) is 10.6 Å². The van der Waals surface area contributed by atoms with Gasteiger partial charge in [-0.3, -0.25) is 9.59 Å². The minimum absolute atomic E-state index is 0.00890. The molecule has 0 aromatic rings. The molecule has 4 aliphatic carbocycles. The fourth-order valence-corrected chi connectivity index (χ4v) is 4.89. The predicted molar refractivity (Wildman–Crippen MR) is 72.3 cm³/mol. The maximum atomic E-state index is 12.0. The molecule has 0 atom stereocenters. The number of hydrogen-bond acceptors (Lipinski definition) is 2. The van der Waals surface area contributed by atoms with Gasteiger partial charge in [-0.2, -0.15) is 0 Å². The van der Waals surface area contributed by atoms with Crippen molar-refractivity contribution in [3.8, 4) is 0 Å². The van der Waals surface area contributed by atoms with Crippen LogP contribution in [0.25, 0.3) is 0 Å². The predicted octanol–water partition coefficient (Wildman–Crippen LogP) is 1.60. The Morgan fingerprint density at radius 2 is 1.42 bits per heavy atom. The summed E-state index contributed by atoms with van der Waals surface area (Å²) >= 11 is 0. The Kier molecular flexibility index (Phi) is 3.06. The van der Waals surface area contributed by atoms with Crippen LogP contribution in [-0.2, 0) is 9.59 Å². The van der Waals surface area contributed by atoms with E-state index in [1.165, 1.54) is 19.3 Å². The summed E-state index contributed by atoms with van der Waals surface area (Å²) in [5.41, 5.74) is -0.0693. The van der Waals surface area contributed by atoms with Crippen LogP contribution < -0.4 is 10.6 Å². The van der Waals surface area contributed by atoms with Gasteiger partial charge < -0.3 is 10.6 Å². The van der Waals surface area contributed by atoms with E-state index in [9.17, 15) is 9.59 Å². The zero-order valence-corrected chi connectivity index (χ0v) is 11.9. The molecule has 0 radical (unpaired) electrons. The van der Waals surface area contributed by atoms with E-state index in [0.29, 0.717) is 0 Å². The topological polar surface area (TPSA) is 58.2 Å². The van der Waals surface area contributed by atoms with Crippen molar-refractivity contribution in [1.82, 2.24) is 10.6 Å². The summed E-state index contributed by atoms with van der Waals surface area (Å²) in [7, 11) is 0. The highest BCUT2D eigenvalue weighted by atomic mass is 16.2. The average molecular weight is 264 g/mol. The second-order valence-electron chi connectivity index (χ2n) is 7.28. The molecule has 4 fully saturated rings. The van der Waals surface area contributed by atoms with Crippen molar-refractivity contribution in [3.63, 3.8) is 0 Å². The van der Waals surface area contributed by atoms with Gasteiger partial charge in [0.1, 0.15) is 0 Å². The maximum absolute atomic E-state index is 12.0. The molecule has 4 rings (SSSR count). The highest BCUT2D eigenvalue weighted by Gasteiger charge is 2.51. The second-order valence-corrected chi connectivity index (χ2v) is 7.28. The van der Waals surface area contributed by atoms with Crippen molar-refractivity contribution < 1.29 is 9.59 Å². The van der Waals surface area contributed by atoms with Crippen LogP contribution in [0.5, 0.6) is 0 Å². The number of hydrogen-bond donors (Lipinski definition) is 2. The van der Waals surface area contributed by atoms with Gasteiger partial charge in [-0.25, -0.2) is 0 Å². The van der Waals surface area contributed by atoms with Gasteiger partial charge >= 0.3 is 11.8 Å². The number of rotatable bonds is 2. The Bertz CT molecular complexity index is 368. The number of amides is 2. The Labute approximate surface area is 114 Å². The van der Waals surface area contributed by atoms with E-state index < -0.39 is 11.8 Å². The summed E-state index contributed by atoms with van der Waals surface area (Å²) < 4.78 is 0. The average Bonchev–Trinajstić information content (AvgIpc) is 2.24. The molecule has 19 heavy (non-hydrogen) atoms. The number of carbonyl (C=O) groups excluding carboxylic acids is 2. The van der Waals surface area contributed by atoms with Gasteiger partial charge in [0, 0.05) is 11.6 Å². The monoisotopic (exact) mass is 264 g/mol. The molecule has 0 unspecified atom stereocenters. The first-order chi connectivity index (χ1) is 8.96. The first-order valence-electron chi connectivity index (χ1n) is 7.59. The molecular weight excluding hydrogens is 240 g/mol. The van der Waals surface area contributed by atoms with Crippen molar-refractivity contribution >= 4 is 11.8 Å². The lowest BCUT2D eigenvalue weighted by Gasteiger charge is -2.56. The molecule has 0 spiro atoms. The molecule has 0 aromatic carbocycles. The molecule has 0 aromatic heterocycles. The third-order valence-corrected chi connectivity index (χ3v) is 5.04. The van der Waals surface area contributed by atoms with Crippen LogP contribution in [0.15, 0.2) is 0 Å². The van der Waals surface area contributed by atoms with Crippen molar-refractivity contribution in [2.24, 2.45) is 17.8 Å². The third kappa shape index (κ3) is 2.49. The largest absolute Gasteiger partial charge is 0.346 e. The van der Waals surface area contributed by atoms with Gasteiger partial charge in [0.2, 0.25) is 0 Å². The van der Waals surface area contributed by atoms with E-state index in [4.69, 9.17) is 0 Å². The molecule has 106 valence electrons. The van der Waals surface area contributed by atoms with E-state index in [0.717, 1.165) is 37.0 Å². The third-order valence-electron chi connectivity index (χ3n) is 5.04. The zero-order valence-electron chi connectivity index (χ0n) is 11.9. The van der Waals surface area contributed by atoms with Crippen LogP contribution in [0.3, 0.4) is 0 Å². The molecular formula is C15H24N2O2. The van der Waals surface area contributed by atoms with Crippen molar-refractivity contribution in [3.05, 3.63) is 0 Å². The first kappa shape index (κ1) is 12.9. The molecule has 2 amide bonds. The number of carbonyl (C=O) groups is 2. The Hall–Kier alpha value is -1.06. The van der Waals surface area contributed by atoms with Crippen molar-refractivity contribution in [2.75, 3.05) is 0 Å². The van der Waals surface area contributed by atoms with E-state index in [1.54, 1.807) is 0 Å². The van der Waals surface area contributed by atoms with Gasteiger partial charge in [-0.15, -0.1) is 0 Å². The minimum Gasteiger partial charge on any atom is -0.346 e. The SMILES string of the molecule is CC(C)NC(=O)C(=O)NC12CC3CC(CC(C3)C1)C2. The van der Waals surface area contributed by atoms with Crippen LogP contribution in [-0.4, -0.2) is 23.4 Å². The minimum atomic E-state index is -0.481. The Morgan fingerprint density at radius 1 is 0.947 bits per heavy atom. The van der Waals surface area contributed by atoms with Crippen LogP contribution in [0.4, 0.5) is 0 Å². The lowest BCUT2D eigenvalue weighted by molar-refractivity contribution is -0.142. The van der Waals surface area contributed by atoms with Gasteiger partial charge in [0.25, 0.3) is 0 Å². The summed E-state index contributed by atoms with van der Waals surface area (Å²) in [6.45, 7) is 3.74.